The number of halogens is 2. The zero-order chi connectivity index (χ0) is 37.4. The Morgan fingerprint density at radius 1 is 0.840 bits per heavy atom. The Kier molecular flexibility index (Phi) is 17.3. The number of hydrogen-bond acceptors (Lipinski definition) is 9. The van der Waals surface area contributed by atoms with Crippen LogP contribution in [0.1, 0.15) is 96.0 Å². The maximum Gasteiger partial charge on any atom is 0.322 e. The average Bonchev–Trinajstić information content (AvgIpc) is 3.08. The van der Waals surface area contributed by atoms with Crippen molar-refractivity contribution in [2.45, 2.75) is 116 Å². The van der Waals surface area contributed by atoms with Gasteiger partial charge in [0.25, 0.3) is 11.8 Å². The van der Waals surface area contributed by atoms with Crippen LogP contribution in [0.3, 0.4) is 0 Å². The number of alkyl halides is 2. The number of carbonyl (C=O) groups is 7. The van der Waals surface area contributed by atoms with Crippen LogP contribution in [0.5, 0.6) is 0 Å². The SMILES string of the molecule is CC[C@@H](C)[C@H](NC(=O)[C@H](CC(C)C)NC(=O)c1cnccn1)C(=O)N[C@@H](CC1CCCCC1)C(=O)N[C@@H](CC(F)F)C(=O)C(=O)NCC(=O)O. The van der Waals surface area contributed by atoms with Gasteiger partial charge in [0.15, 0.2) is 0 Å². The Hall–Kier alpha value is -4.57. The molecule has 0 unspecified atom stereocenters. The maximum absolute atomic E-state index is 13.9. The predicted octanol–water partition coefficient (Wildman–Crippen LogP) is 1.52. The Labute approximate surface area is 289 Å². The molecular weight excluding hydrogens is 660 g/mol. The topological polar surface area (TPSA) is 226 Å². The number of nitrogens with zero attached hydrogens (tertiary/aromatic N) is 2. The molecule has 1 aromatic heterocycles. The third kappa shape index (κ3) is 14.1. The molecule has 0 spiro atoms. The molecule has 5 atom stereocenters. The fourth-order valence-corrected chi connectivity index (χ4v) is 5.64. The summed E-state index contributed by atoms with van der Waals surface area (Å²) in [5, 5.41) is 20.8. The molecule has 278 valence electrons. The van der Waals surface area contributed by atoms with E-state index >= 15 is 0 Å². The second-order valence-corrected chi connectivity index (χ2v) is 13.0. The minimum absolute atomic E-state index is 0.00941. The van der Waals surface area contributed by atoms with E-state index in [1.807, 2.05) is 13.8 Å². The van der Waals surface area contributed by atoms with Gasteiger partial charge in [-0.15, -0.1) is 0 Å². The number of carboxylic acids is 1. The van der Waals surface area contributed by atoms with Crippen LogP contribution in [0.2, 0.25) is 0 Å². The van der Waals surface area contributed by atoms with E-state index in [2.05, 4.69) is 31.2 Å². The van der Waals surface area contributed by atoms with Gasteiger partial charge in [-0.3, -0.25) is 38.5 Å². The Morgan fingerprint density at radius 3 is 2.04 bits per heavy atom. The van der Waals surface area contributed by atoms with E-state index in [0.717, 1.165) is 32.1 Å². The van der Waals surface area contributed by atoms with Crippen LogP contribution in [0, 0.1) is 17.8 Å². The van der Waals surface area contributed by atoms with Crippen LogP contribution < -0.4 is 26.6 Å². The lowest BCUT2D eigenvalue weighted by Crippen LogP contribution is -2.60. The number of carbonyl (C=O) groups excluding carboxylic acids is 6. The molecule has 1 heterocycles. The normalized spacial score (nSPS) is 16.3. The van der Waals surface area contributed by atoms with Crippen LogP contribution in [0.15, 0.2) is 18.6 Å². The molecule has 17 heteroatoms. The summed E-state index contributed by atoms with van der Waals surface area (Å²) in [7, 11) is 0. The molecule has 1 aromatic rings. The largest absolute Gasteiger partial charge is 0.480 e. The van der Waals surface area contributed by atoms with Gasteiger partial charge in [0, 0.05) is 18.8 Å². The molecule has 0 radical (unpaired) electrons. The van der Waals surface area contributed by atoms with Gasteiger partial charge in [-0.2, -0.15) is 0 Å². The highest BCUT2D eigenvalue weighted by Crippen LogP contribution is 2.27. The number of aliphatic carboxylic acids is 1. The number of nitrogens with one attached hydrogen (secondary N) is 5. The third-order valence-corrected chi connectivity index (χ3v) is 8.52. The lowest BCUT2D eigenvalue weighted by atomic mass is 9.84. The van der Waals surface area contributed by atoms with Crippen LogP contribution in [0.25, 0.3) is 0 Å². The fraction of sp³-hybridized carbons (Fsp3) is 0.667. The van der Waals surface area contributed by atoms with Crippen molar-refractivity contribution in [2.24, 2.45) is 17.8 Å². The highest BCUT2D eigenvalue weighted by atomic mass is 19.3. The van der Waals surface area contributed by atoms with Gasteiger partial charge in [-0.25, -0.2) is 13.8 Å². The van der Waals surface area contributed by atoms with Gasteiger partial charge in [-0.1, -0.05) is 66.2 Å². The van der Waals surface area contributed by atoms with E-state index in [0.29, 0.717) is 6.42 Å². The van der Waals surface area contributed by atoms with Crippen molar-refractivity contribution < 1.29 is 47.4 Å². The lowest BCUT2D eigenvalue weighted by molar-refractivity contribution is -0.143. The minimum atomic E-state index is -3.11. The van der Waals surface area contributed by atoms with Crippen molar-refractivity contribution in [3.05, 3.63) is 24.3 Å². The molecule has 1 fully saturated rings. The van der Waals surface area contributed by atoms with E-state index in [4.69, 9.17) is 5.11 Å². The Morgan fingerprint density at radius 2 is 1.48 bits per heavy atom. The zero-order valence-electron chi connectivity index (χ0n) is 28.9. The van der Waals surface area contributed by atoms with E-state index in [9.17, 15) is 42.3 Å². The number of ketones is 1. The van der Waals surface area contributed by atoms with Gasteiger partial charge in [-0.05, 0) is 30.6 Å². The van der Waals surface area contributed by atoms with Crippen LogP contribution in [0.4, 0.5) is 8.78 Å². The summed E-state index contributed by atoms with van der Waals surface area (Å²) in [5.41, 5.74) is -0.00941. The van der Waals surface area contributed by atoms with E-state index < -0.39 is 90.8 Å². The number of Topliss-reactive ketones (excluding diaryl/α,β-unsaturated/α-hetero) is 1. The Bertz CT molecular complexity index is 1330. The number of aromatic nitrogens is 2. The highest BCUT2D eigenvalue weighted by Gasteiger charge is 2.36. The van der Waals surface area contributed by atoms with Crippen molar-refractivity contribution in [3.8, 4) is 0 Å². The molecule has 1 saturated carbocycles. The standard InChI is InChI=1S/C33H49F2N7O8/c1-5-19(4)27(42-30(47)22(13-18(2)3)40-31(48)24-16-36-11-12-37-24)32(49)41-23(14-20-9-7-6-8-10-20)29(46)39-21(15-25(34)35)28(45)33(50)38-17-26(43)44/h11-12,16,18-23,25,27H,5-10,13-15,17H2,1-4H3,(H,38,50)(H,39,46)(H,40,48)(H,41,49)(H,42,47)(H,43,44)/t19-,21+,22+,23+,27+/m1/s1. The molecule has 0 aromatic carbocycles. The van der Waals surface area contributed by atoms with Gasteiger partial charge < -0.3 is 31.7 Å². The van der Waals surface area contributed by atoms with Gasteiger partial charge in [0.2, 0.25) is 29.9 Å². The number of amides is 5. The molecule has 0 saturated heterocycles. The summed E-state index contributed by atoms with van der Waals surface area (Å²) in [6.07, 6.45) is 4.61. The minimum Gasteiger partial charge on any atom is -0.480 e. The van der Waals surface area contributed by atoms with Crippen molar-refractivity contribution in [3.63, 3.8) is 0 Å². The molecule has 0 bridgehead atoms. The first-order chi connectivity index (χ1) is 23.6. The van der Waals surface area contributed by atoms with E-state index in [-0.39, 0.29) is 30.4 Å². The van der Waals surface area contributed by atoms with E-state index in [1.54, 1.807) is 19.2 Å². The first kappa shape index (κ1) is 41.6. The van der Waals surface area contributed by atoms with Crippen molar-refractivity contribution in [1.29, 1.82) is 0 Å². The molecule has 1 aliphatic carbocycles. The number of hydrogen-bond donors (Lipinski definition) is 6. The molecular formula is C33H49F2N7O8. The monoisotopic (exact) mass is 709 g/mol. The Balaban J connectivity index is 2.32. The first-order valence-corrected chi connectivity index (χ1v) is 16.9. The molecule has 50 heavy (non-hydrogen) atoms. The molecule has 1 aliphatic rings. The molecule has 6 N–H and O–H groups in total. The number of rotatable bonds is 20. The quantitative estimate of drug-likeness (QED) is 0.107. The highest BCUT2D eigenvalue weighted by molar-refractivity contribution is 6.38. The smallest absolute Gasteiger partial charge is 0.322 e. The van der Waals surface area contributed by atoms with Gasteiger partial charge in [0.1, 0.15) is 36.4 Å². The average molecular weight is 710 g/mol. The van der Waals surface area contributed by atoms with Crippen molar-refractivity contribution in [2.75, 3.05) is 6.54 Å². The van der Waals surface area contributed by atoms with Gasteiger partial charge >= 0.3 is 5.97 Å². The summed E-state index contributed by atoms with van der Waals surface area (Å²) in [6, 6.07) is -5.56. The molecule has 0 aliphatic heterocycles. The summed E-state index contributed by atoms with van der Waals surface area (Å²) in [4.78, 5) is 97.5. The predicted molar refractivity (Wildman–Crippen MR) is 175 cm³/mol. The molecule has 5 amide bonds. The maximum atomic E-state index is 13.9. The van der Waals surface area contributed by atoms with Crippen molar-refractivity contribution >= 4 is 41.3 Å². The second-order valence-electron chi connectivity index (χ2n) is 13.0. The third-order valence-electron chi connectivity index (χ3n) is 8.52. The van der Waals surface area contributed by atoms with E-state index in [1.165, 1.54) is 18.6 Å². The van der Waals surface area contributed by atoms with Crippen molar-refractivity contribution in [1.82, 2.24) is 36.6 Å². The number of carboxylic acid groups (broad SMARTS) is 1. The first-order valence-electron chi connectivity index (χ1n) is 16.9. The summed E-state index contributed by atoms with van der Waals surface area (Å²) in [6.45, 7) is 6.27. The second kappa shape index (κ2) is 20.8. The molecule has 15 nitrogen and oxygen atoms in total. The van der Waals surface area contributed by atoms with Crippen LogP contribution >= 0.6 is 0 Å². The molecule has 2 rings (SSSR count). The lowest BCUT2D eigenvalue weighted by Gasteiger charge is -2.31. The zero-order valence-corrected chi connectivity index (χ0v) is 28.9. The van der Waals surface area contributed by atoms with Crippen LogP contribution in [-0.4, -0.2) is 93.5 Å². The van der Waals surface area contributed by atoms with Crippen LogP contribution in [-0.2, 0) is 28.8 Å². The fourth-order valence-electron chi connectivity index (χ4n) is 5.64. The summed E-state index contributed by atoms with van der Waals surface area (Å²) >= 11 is 0. The summed E-state index contributed by atoms with van der Waals surface area (Å²) in [5.74, 6) is -7.95. The van der Waals surface area contributed by atoms with Gasteiger partial charge in [0.05, 0.1) is 6.20 Å². The summed E-state index contributed by atoms with van der Waals surface area (Å²) < 4.78 is 26.9.